The smallest absolute Gasteiger partial charge is 0.194 e. The maximum Gasteiger partial charge on any atom is 0.194 e. The van der Waals surface area contributed by atoms with Gasteiger partial charge < -0.3 is 10.2 Å². The monoisotopic (exact) mass is 424 g/mol. The van der Waals surface area contributed by atoms with E-state index in [0.717, 1.165) is 36.3 Å². The number of nitrogens with zero attached hydrogens (tertiary/aromatic N) is 3. The van der Waals surface area contributed by atoms with Crippen molar-refractivity contribution in [1.82, 2.24) is 15.2 Å². The van der Waals surface area contributed by atoms with Gasteiger partial charge in [-0.05, 0) is 19.8 Å². The summed E-state index contributed by atoms with van der Waals surface area (Å²) in [5.74, 6) is 1.66. The van der Waals surface area contributed by atoms with Gasteiger partial charge in [0.05, 0.1) is 17.2 Å². The number of aromatic nitrogens is 1. The van der Waals surface area contributed by atoms with Gasteiger partial charge in [0.25, 0.3) is 0 Å². The fourth-order valence-corrected chi connectivity index (χ4v) is 2.63. The number of hydrogen-bond donors (Lipinski definition) is 1. The predicted molar refractivity (Wildman–Crippen MR) is 104 cm³/mol. The van der Waals surface area contributed by atoms with Crippen LogP contribution in [-0.4, -0.2) is 36.0 Å². The van der Waals surface area contributed by atoms with Crippen LogP contribution in [0.5, 0.6) is 0 Å². The Morgan fingerprint density at radius 1 is 1.38 bits per heavy atom. The molecule has 122 valence electrons. The second-order valence-corrected chi connectivity index (χ2v) is 6.15. The zero-order valence-corrected chi connectivity index (χ0v) is 17.0. The van der Waals surface area contributed by atoms with Crippen molar-refractivity contribution < 1.29 is 0 Å². The molecule has 0 fully saturated rings. The van der Waals surface area contributed by atoms with Gasteiger partial charge in [0, 0.05) is 25.5 Å². The third-order valence-corrected chi connectivity index (χ3v) is 4.24. The summed E-state index contributed by atoms with van der Waals surface area (Å²) >= 11 is 1.70. The van der Waals surface area contributed by atoms with E-state index in [9.17, 15) is 0 Å². The average Bonchev–Trinajstić information content (AvgIpc) is 2.83. The van der Waals surface area contributed by atoms with E-state index in [4.69, 9.17) is 4.99 Å². The minimum Gasteiger partial charge on any atom is -0.357 e. The molecule has 0 aliphatic carbocycles. The molecule has 6 heteroatoms. The number of thiazole rings is 1. The highest BCUT2D eigenvalue weighted by Gasteiger charge is 2.09. The largest absolute Gasteiger partial charge is 0.357 e. The summed E-state index contributed by atoms with van der Waals surface area (Å²) in [7, 11) is 2.07. The minimum absolute atomic E-state index is 0. The van der Waals surface area contributed by atoms with Gasteiger partial charge >= 0.3 is 0 Å². The quantitative estimate of drug-likeness (QED) is 0.410. The summed E-state index contributed by atoms with van der Waals surface area (Å²) < 4.78 is 0. The van der Waals surface area contributed by atoms with Crippen molar-refractivity contribution in [3.05, 3.63) is 16.1 Å². The van der Waals surface area contributed by atoms with Crippen LogP contribution in [0.2, 0.25) is 0 Å². The van der Waals surface area contributed by atoms with Crippen molar-refractivity contribution in [3.63, 3.8) is 0 Å². The summed E-state index contributed by atoms with van der Waals surface area (Å²) in [6, 6.07) is 0. The van der Waals surface area contributed by atoms with Gasteiger partial charge in [0.2, 0.25) is 0 Å². The molecule has 1 aromatic heterocycles. The van der Waals surface area contributed by atoms with Crippen LogP contribution in [-0.2, 0) is 6.54 Å². The minimum atomic E-state index is 0. The maximum absolute atomic E-state index is 4.77. The van der Waals surface area contributed by atoms with Crippen molar-refractivity contribution in [1.29, 1.82) is 0 Å². The molecule has 0 aromatic carbocycles. The molecule has 1 aromatic rings. The predicted octanol–water partition coefficient (Wildman–Crippen LogP) is 3.90. The van der Waals surface area contributed by atoms with Crippen LogP contribution < -0.4 is 5.32 Å². The number of nitrogens with one attached hydrogen (secondary N) is 1. The number of rotatable bonds is 7. The van der Waals surface area contributed by atoms with Gasteiger partial charge in [-0.3, -0.25) is 4.99 Å². The Kier molecular flexibility index (Phi) is 11.0. The fourth-order valence-electron chi connectivity index (χ4n) is 2.03. The molecule has 1 rings (SSSR count). The Hall–Kier alpha value is -0.370. The van der Waals surface area contributed by atoms with Crippen LogP contribution in [0.25, 0.3) is 0 Å². The Morgan fingerprint density at radius 3 is 2.52 bits per heavy atom. The van der Waals surface area contributed by atoms with E-state index in [-0.39, 0.29) is 24.0 Å². The summed E-state index contributed by atoms with van der Waals surface area (Å²) in [6.45, 7) is 11.2. The molecule has 1 N–H and O–H groups in total. The number of halogens is 1. The molecule has 0 aliphatic heterocycles. The lowest BCUT2D eigenvalue weighted by molar-refractivity contribution is 0.457. The van der Waals surface area contributed by atoms with Crippen LogP contribution in [0, 0.1) is 12.8 Å². The Bertz CT molecular complexity index is 416. The topological polar surface area (TPSA) is 40.5 Å². The number of hydrogen-bond acceptors (Lipinski definition) is 3. The summed E-state index contributed by atoms with van der Waals surface area (Å²) in [6.07, 6.45) is 2.38. The van der Waals surface area contributed by atoms with E-state index in [1.807, 2.05) is 6.92 Å². The van der Waals surface area contributed by atoms with E-state index in [1.54, 1.807) is 11.3 Å². The second-order valence-electron chi connectivity index (χ2n) is 5.09. The molecule has 0 bridgehead atoms. The third kappa shape index (κ3) is 7.44. The average molecular weight is 424 g/mol. The van der Waals surface area contributed by atoms with E-state index >= 15 is 0 Å². The first-order valence-corrected chi connectivity index (χ1v) is 8.39. The van der Waals surface area contributed by atoms with Crippen molar-refractivity contribution in [3.8, 4) is 0 Å². The molecule has 0 aliphatic rings. The van der Waals surface area contributed by atoms with Crippen LogP contribution in [0.3, 0.4) is 0 Å². The number of guanidine groups is 1. The molecule has 0 amide bonds. The second kappa shape index (κ2) is 11.2. The van der Waals surface area contributed by atoms with Gasteiger partial charge in [-0.25, -0.2) is 4.98 Å². The van der Waals surface area contributed by atoms with Crippen LogP contribution >= 0.6 is 35.3 Å². The van der Waals surface area contributed by atoms with Gasteiger partial charge in [-0.2, -0.15) is 0 Å². The number of aliphatic imine (C=N–C) groups is 1. The van der Waals surface area contributed by atoms with Crippen molar-refractivity contribution in [2.75, 3.05) is 20.1 Å². The maximum atomic E-state index is 4.77. The Morgan fingerprint density at radius 2 is 2.05 bits per heavy atom. The molecule has 0 spiro atoms. The third-order valence-electron chi connectivity index (χ3n) is 3.42. The van der Waals surface area contributed by atoms with E-state index in [0.29, 0.717) is 5.92 Å². The van der Waals surface area contributed by atoms with Crippen molar-refractivity contribution in [2.45, 2.75) is 47.1 Å². The normalized spacial score (nSPS) is 11.4. The van der Waals surface area contributed by atoms with Gasteiger partial charge in [-0.15, -0.1) is 35.3 Å². The van der Waals surface area contributed by atoms with Crippen molar-refractivity contribution in [2.24, 2.45) is 10.9 Å². The molecule has 0 atom stereocenters. The molecular weight excluding hydrogens is 395 g/mol. The first-order chi connectivity index (χ1) is 9.60. The summed E-state index contributed by atoms with van der Waals surface area (Å²) in [4.78, 5) is 11.4. The van der Waals surface area contributed by atoms with E-state index < -0.39 is 0 Å². The zero-order valence-electron chi connectivity index (χ0n) is 13.8. The summed E-state index contributed by atoms with van der Waals surface area (Å²) in [5.41, 5.74) is 1.11. The molecule has 0 saturated heterocycles. The molecular formula is C15H29IN4S. The van der Waals surface area contributed by atoms with Crippen LogP contribution in [0.4, 0.5) is 0 Å². The van der Waals surface area contributed by atoms with Gasteiger partial charge in [0.1, 0.15) is 0 Å². The van der Waals surface area contributed by atoms with Crippen LogP contribution in [0.15, 0.2) is 10.4 Å². The Balaban J connectivity index is 0.00000400. The van der Waals surface area contributed by atoms with Gasteiger partial charge in [-0.1, -0.05) is 26.7 Å². The molecule has 0 unspecified atom stereocenters. The summed E-state index contributed by atoms with van der Waals surface area (Å²) in [5, 5.41) is 6.60. The van der Waals surface area contributed by atoms with Crippen LogP contribution in [0.1, 0.15) is 44.3 Å². The first-order valence-electron chi connectivity index (χ1n) is 7.51. The van der Waals surface area contributed by atoms with E-state index in [1.165, 1.54) is 12.8 Å². The highest BCUT2D eigenvalue weighted by atomic mass is 127. The molecule has 0 radical (unpaired) electrons. The molecule has 0 saturated carbocycles. The molecule has 4 nitrogen and oxygen atoms in total. The SMILES string of the molecule is CCNC(=NCC(CC)CC)N(C)Cc1csc(C)n1.I. The van der Waals surface area contributed by atoms with E-state index in [2.05, 4.69) is 48.4 Å². The highest BCUT2D eigenvalue weighted by molar-refractivity contribution is 14.0. The lowest BCUT2D eigenvalue weighted by Crippen LogP contribution is -2.38. The lowest BCUT2D eigenvalue weighted by atomic mass is 10.0. The van der Waals surface area contributed by atoms with Gasteiger partial charge in [0.15, 0.2) is 5.96 Å². The standard InChI is InChI=1S/C15H28N4S.HI/c1-6-13(7-2)9-17-15(16-8-3)19(5)10-14-11-20-12(4)18-14;/h11,13H,6-10H2,1-5H3,(H,16,17);1H. The Labute approximate surface area is 150 Å². The molecule has 1 heterocycles. The zero-order chi connectivity index (χ0) is 15.0. The number of aryl methyl sites for hydroxylation is 1. The fraction of sp³-hybridized carbons (Fsp3) is 0.733. The lowest BCUT2D eigenvalue weighted by Gasteiger charge is -2.22. The molecule has 21 heavy (non-hydrogen) atoms. The van der Waals surface area contributed by atoms with Crippen molar-refractivity contribution >= 4 is 41.3 Å². The highest BCUT2D eigenvalue weighted by Crippen LogP contribution is 2.11. The first kappa shape index (κ1) is 20.6.